The number of nitro benzene ring substituents is 1. The molecule has 0 spiro atoms. The van der Waals surface area contributed by atoms with Crippen LogP contribution in [0.1, 0.15) is 28.4 Å². The molecule has 142 valence electrons. The summed E-state index contributed by atoms with van der Waals surface area (Å²) in [6, 6.07) is 9.41. The van der Waals surface area contributed by atoms with Crippen molar-refractivity contribution in [1.82, 2.24) is 0 Å². The molecule has 1 atom stereocenters. The second-order valence-electron chi connectivity index (χ2n) is 6.04. The van der Waals surface area contributed by atoms with Gasteiger partial charge in [0, 0.05) is 30.6 Å². The number of ether oxygens (including phenoxy) is 1. The van der Waals surface area contributed by atoms with Gasteiger partial charge in [-0.1, -0.05) is 18.2 Å². The molecular formula is C19H21N3O5. The van der Waals surface area contributed by atoms with Gasteiger partial charge in [0.1, 0.15) is 0 Å². The van der Waals surface area contributed by atoms with E-state index in [0.29, 0.717) is 11.4 Å². The van der Waals surface area contributed by atoms with Gasteiger partial charge in [-0.25, -0.2) is 4.79 Å². The summed E-state index contributed by atoms with van der Waals surface area (Å²) < 4.78 is 5.21. The average molecular weight is 371 g/mol. The molecule has 0 aliphatic carbocycles. The molecule has 0 aliphatic rings. The largest absolute Gasteiger partial charge is 0.449 e. The van der Waals surface area contributed by atoms with Gasteiger partial charge in [0.25, 0.3) is 11.6 Å². The Bertz CT molecular complexity index is 875. The van der Waals surface area contributed by atoms with Crippen molar-refractivity contribution in [3.05, 3.63) is 63.2 Å². The smallest absolute Gasteiger partial charge is 0.341 e. The SMILES string of the molecule is CNc1ccc([N+](=O)[O-])cc1C(=O)O[C@@H](C)C(=O)Nc1c(C)cccc1C. The number of esters is 1. The highest BCUT2D eigenvalue weighted by Crippen LogP contribution is 2.24. The maximum Gasteiger partial charge on any atom is 0.341 e. The molecule has 0 unspecified atom stereocenters. The summed E-state index contributed by atoms with van der Waals surface area (Å²) in [5, 5.41) is 16.5. The van der Waals surface area contributed by atoms with Crippen molar-refractivity contribution >= 4 is 28.9 Å². The Morgan fingerprint density at radius 3 is 2.33 bits per heavy atom. The van der Waals surface area contributed by atoms with Crippen LogP contribution in [0.4, 0.5) is 17.1 Å². The molecule has 0 aliphatic heterocycles. The van der Waals surface area contributed by atoms with Crippen LogP contribution in [0.25, 0.3) is 0 Å². The molecule has 0 radical (unpaired) electrons. The zero-order valence-electron chi connectivity index (χ0n) is 15.5. The lowest BCUT2D eigenvalue weighted by molar-refractivity contribution is -0.384. The highest BCUT2D eigenvalue weighted by Gasteiger charge is 2.23. The molecule has 2 N–H and O–H groups in total. The minimum Gasteiger partial charge on any atom is -0.449 e. The summed E-state index contributed by atoms with van der Waals surface area (Å²) in [4.78, 5) is 35.2. The molecule has 0 saturated heterocycles. The third-order valence-electron chi connectivity index (χ3n) is 4.09. The van der Waals surface area contributed by atoms with E-state index in [1.165, 1.54) is 19.1 Å². The van der Waals surface area contributed by atoms with Gasteiger partial charge in [0.05, 0.1) is 10.5 Å². The van der Waals surface area contributed by atoms with Gasteiger partial charge in [0.2, 0.25) is 0 Å². The Morgan fingerprint density at radius 1 is 1.15 bits per heavy atom. The van der Waals surface area contributed by atoms with E-state index in [2.05, 4.69) is 10.6 Å². The van der Waals surface area contributed by atoms with E-state index in [9.17, 15) is 19.7 Å². The van der Waals surface area contributed by atoms with Crippen LogP contribution in [0.5, 0.6) is 0 Å². The first-order valence-corrected chi connectivity index (χ1v) is 8.28. The van der Waals surface area contributed by atoms with Crippen LogP contribution in [0.2, 0.25) is 0 Å². The number of hydrogen-bond acceptors (Lipinski definition) is 6. The van der Waals surface area contributed by atoms with Crippen molar-refractivity contribution in [2.75, 3.05) is 17.7 Å². The van der Waals surface area contributed by atoms with Gasteiger partial charge in [-0.2, -0.15) is 0 Å². The Morgan fingerprint density at radius 2 is 1.78 bits per heavy atom. The third-order valence-corrected chi connectivity index (χ3v) is 4.09. The van der Waals surface area contributed by atoms with Gasteiger partial charge in [0.15, 0.2) is 6.10 Å². The van der Waals surface area contributed by atoms with Gasteiger partial charge >= 0.3 is 5.97 Å². The highest BCUT2D eigenvalue weighted by molar-refractivity contribution is 6.00. The first-order valence-electron chi connectivity index (χ1n) is 8.28. The molecule has 8 nitrogen and oxygen atoms in total. The van der Waals surface area contributed by atoms with E-state index in [1.807, 2.05) is 32.0 Å². The topological polar surface area (TPSA) is 111 Å². The molecule has 2 aromatic carbocycles. The molecule has 0 fully saturated rings. The normalized spacial score (nSPS) is 11.4. The summed E-state index contributed by atoms with van der Waals surface area (Å²) >= 11 is 0. The molecule has 0 heterocycles. The van der Waals surface area contributed by atoms with Crippen molar-refractivity contribution in [2.45, 2.75) is 26.9 Å². The first kappa shape index (κ1) is 19.9. The number of nitrogens with one attached hydrogen (secondary N) is 2. The van der Waals surface area contributed by atoms with Gasteiger partial charge in [-0.3, -0.25) is 14.9 Å². The highest BCUT2D eigenvalue weighted by atomic mass is 16.6. The van der Waals surface area contributed by atoms with Crippen LogP contribution in [0.15, 0.2) is 36.4 Å². The zero-order chi connectivity index (χ0) is 20.1. The monoisotopic (exact) mass is 371 g/mol. The van der Waals surface area contributed by atoms with Crippen LogP contribution < -0.4 is 10.6 Å². The van der Waals surface area contributed by atoms with Crippen LogP contribution in [-0.4, -0.2) is 30.0 Å². The fourth-order valence-corrected chi connectivity index (χ4v) is 2.55. The number of para-hydroxylation sites is 1. The Hall–Kier alpha value is -3.42. The van der Waals surface area contributed by atoms with Crippen molar-refractivity contribution in [3.63, 3.8) is 0 Å². The summed E-state index contributed by atoms with van der Waals surface area (Å²) in [5.74, 6) is -1.32. The number of nitro groups is 1. The average Bonchev–Trinajstić information content (AvgIpc) is 2.63. The lowest BCUT2D eigenvalue weighted by atomic mass is 10.1. The van der Waals surface area contributed by atoms with E-state index < -0.39 is 22.9 Å². The number of amides is 1. The number of carbonyl (C=O) groups is 2. The number of nitrogens with zero attached hydrogens (tertiary/aromatic N) is 1. The van der Waals surface area contributed by atoms with Crippen molar-refractivity contribution in [1.29, 1.82) is 0 Å². The van der Waals surface area contributed by atoms with Gasteiger partial charge in [-0.15, -0.1) is 0 Å². The first-order chi connectivity index (χ1) is 12.7. The van der Waals surface area contributed by atoms with Crippen molar-refractivity contribution in [3.8, 4) is 0 Å². The number of non-ortho nitro benzene ring substituents is 1. The molecule has 8 heteroatoms. The second-order valence-corrected chi connectivity index (χ2v) is 6.04. The minimum absolute atomic E-state index is 0.0153. The molecular weight excluding hydrogens is 350 g/mol. The predicted octanol–water partition coefficient (Wildman–Crippen LogP) is 3.44. The van der Waals surface area contributed by atoms with Crippen LogP contribution in [-0.2, 0) is 9.53 Å². The Labute approximate surface area is 156 Å². The quantitative estimate of drug-likeness (QED) is 0.457. The summed E-state index contributed by atoms with van der Waals surface area (Å²) in [7, 11) is 1.58. The van der Waals surface area contributed by atoms with Crippen LogP contribution >= 0.6 is 0 Å². The maximum absolute atomic E-state index is 12.4. The van der Waals surface area contributed by atoms with E-state index in [-0.39, 0.29) is 11.3 Å². The number of carbonyl (C=O) groups excluding carboxylic acids is 2. The van der Waals surface area contributed by atoms with E-state index in [4.69, 9.17) is 4.74 Å². The molecule has 2 aromatic rings. The van der Waals surface area contributed by atoms with E-state index in [0.717, 1.165) is 17.2 Å². The van der Waals surface area contributed by atoms with Crippen molar-refractivity contribution < 1.29 is 19.2 Å². The fourth-order valence-electron chi connectivity index (χ4n) is 2.55. The fraction of sp³-hybridized carbons (Fsp3) is 0.263. The molecule has 1 amide bonds. The molecule has 0 saturated carbocycles. The molecule has 2 rings (SSSR count). The standard InChI is InChI=1S/C19H21N3O5/c1-11-6-5-7-12(2)17(11)21-18(23)13(3)27-19(24)15-10-14(22(25)26)8-9-16(15)20-4/h5-10,13,20H,1-4H3,(H,21,23)/t13-/m0/s1. The Kier molecular flexibility index (Phi) is 6.12. The zero-order valence-corrected chi connectivity index (χ0v) is 15.5. The van der Waals surface area contributed by atoms with E-state index >= 15 is 0 Å². The number of hydrogen-bond donors (Lipinski definition) is 2. The van der Waals surface area contributed by atoms with Gasteiger partial charge in [-0.05, 0) is 38.0 Å². The lowest BCUT2D eigenvalue weighted by Crippen LogP contribution is -2.30. The number of anilines is 2. The third kappa shape index (κ3) is 4.60. The number of aryl methyl sites for hydroxylation is 2. The molecule has 0 aromatic heterocycles. The maximum atomic E-state index is 12.4. The summed E-state index contributed by atoms with van der Waals surface area (Å²) in [6.07, 6.45) is -1.08. The molecule has 27 heavy (non-hydrogen) atoms. The van der Waals surface area contributed by atoms with Crippen LogP contribution in [0, 0.1) is 24.0 Å². The summed E-state index contributed by atoms with van der Waals surface area (Å²) in [5.41, 5.74) is 2.55. The lowest BCUT2D eigenvalue weighted by Gasteiger charge is -2.17. The summed E-state index contributed by atoms with van der Waals surface area (Å²) in [6.45, 7) is 5.17. The predicted molar refractivity (Wildman–Crippen MR) is 102 cm³/mol. The van der Waals surface area contributed by atoms with Crippen LogP contribution in [0.3, 0.4) is 0 Å². The molecule has 0 bridgehead atoms. The van der Waals surface area contributed by atoms with E-state index in [1.54, 1.807) is 7.05 Å². The van der Waals surface area contributed by atoms with Crippen molar-refractivity contribution in [2.24, 2.45) is 0 Å². The Balaban J connectivity index is 2.16. The minimum atomic E-state index is -1.08. The number of rotatable bonds is 6. The second kappa shape index (κ2) is 8.31. The van der Waals surface area contributed by atoms with Gasteiger partial charge < -0.3 is 15.4 Å². The number of benzene rings is 2.